The molecule has 154 valence electrons. The molecular formula is C22H24F2N2O2S. The van der Waals surface area contributed by atoms with Crippen LogP contribution in [0.3, 0.4) is 0 Å². The lowest BCUT2D eigenvalue weighted by atomic mass is 9.68. The van der Waals surface area contributed by atoms with Crippen LogP contribution in [0.25, 0.3) is 11.3 Å². The standard InChI is InChI=1S/C22H24F2N2O2S/c1-21(23,24)16-5-3-2-4-15(16)17-13-29-19(25-17)18-12-26(8-9-28-18)20(27)22-7-6-14(10-22)11-22/h2-5,13-14,18H,6-12H2,1H3/t14?,18-,22?/m1/s1. The van der Waals surface area contributed by atoms with Crippen molar-refractivity contribution in [3.05, 3.63) is 40.2 Å². The van der Waals surface area contributed by atoms with Crippen LogP contribution in [-0.4, -0.2) is 35.5 Å². The third-order valence-electron chi connectivity index (χ3n) is 6.67. The molecule has 1 aromatic heterocycles. The minimum absolute atomic E-state index is 0.0295. The molecule has 0 unspecified atom stereocenters. The van der Waals surface area contributed by atoms with Gasteiger partial charge in [0, 0.05) is 35.4 Å². The summed E-state index contributed by atoms with van der Waals surface area (Å²) in [6.07, 6.45) is 3.97. The SMILES string of the molecule is CC(F)(F)c1ccccc1-c1csc([C@H]2CN(C(=O)C34CCC(C3)C4)CCO2)n1. The first-order valence-electron chi connectivity index (χ1n) is 10.2. The molecule has 1 aromatic carbocycles. The van der Waals surface area contributed by atoms with Gasteiger partial charge in [-0.25, -0.2) is 13.8 Å². The van der Waals surface area contributed by atoms with Crippen LogP contribution in [0.5, 0.6) is 0 Å². The Hall–Kier alpha value is -1.86. The number of aromatic nitrogens is 1. The van der Waals surface area contributed by atoms with E-state index in [2.05, 4.69) is 4.98 Å². The van der Waals surface area contributed by atoms with Gasteiger partial charge in [-0.1, -0.05) is 24.3 Å². The lowest BCUT2D eigenvalue weighted by Gasteiger charge is -2.43. The highest BCUT2D eigenvalue weighted by atomic mass is 32.1. The number of thiazole rings is 1. The zero-order chi connectivity index (χ0) is 20.2. The normalized spacial score (nSPS) is 29.0. The molecular weight excluding hydrogens is 394 g/mol. The van der Waals surface area contributed by atoms with Crippen LogP contribution in [-0.2, 0) is 15.5 Å². The van der Waals surface area contributed by atoms with Crippen molar-refractivity contribution in [1.82, 2.24) is 9.88 Å². The number of hydrogen-bond donors (Lipinski definition) is 0. The van der Waals surface area contributed by atoms with Crippen molar-refractivity contribution in [2.45, 2.75) is 44.6 Å². The Kier molecular flexibility index (Phi) is 4.51. The Bertz CT molecular complexity index is 927. The number of hydrogen-bond acceptors (Lipinski definition) is 4. The summed E-state index contributed by atoms with van der Waals surface area (Å²) in [6.45, 7) is 2.49. The zero-order valence-electron chi connectivity index (χ0n) is 16.4. The lowest BCUT2D eigenvalue weighted by Crippen LogP contribution is -2.51. The van der Waals surface area contributed by atoms with Gasteiger partial charge in [0.15, 0.2) is 0 Å². The minimum Gasteiger partial charge on any atom is -0.367 e. The molecule has 2 heterocycles. The van der Waals surface area contributed by atoms with E-state index in [1.54, 1.807) is 23.6 Å². The maximum atomic E-state index is 14.0. The second-order valence-corrected chi connectivity index (χ2v) is 9.60. The van der Waals surface area contributed by atoms with Gasteiger partial charge < -0.3 is 9.64 Å². The van der Waals surface area contributed by atoms with Crippen LogP contribution in [0.15, 0.2) is 29.6 Å². The minimum atomic E-state index is -2.94. The van der Waals surface area contributed by atoms with Crippen LogP contribution >= 0.6 is 11.3 Å². The molecule has 3 aliphatic carbocycles. The molecule has 7 heteroatoms. The van der Waals surface area contributed by atoms with Crippen molar-refractivity contribution >= 4 is 17.2 Å². The average molecular weight is 419 g/mol. The summed E-state index contributed by atoms with van der Waals surface area (Å²) < 4.78 is 33.9. The number of rotatable bonds is 4. The van der Waals surface area contributed by atoms with Crippen molar-refractivity contribution in [2.24, 2.45) is 11.3 Å². The molecule has 4 nitrogen and oxygen atoms in total. The number of ether oxygens (including phenoxy) is 1. The molecule has 29 heavy (non-hydrogen) atoms. The predicted octanol–water partition coefficient (Wildman–Crippen LogP) is 5.01. The van der Waals surface area contributed by atoms with Crippen LogP contribution < -0.4 is 0 Å². The zero-order valence-corrected chi connectivity index (χ0v) is 17.2. The highest BCUT2D eigenvalue weighted by Gasteiger charge is 2.56. The van der Waals surface area contributed by atoms with Gasteiger partial charge in [0.2, 0.25) is 5.91 Å². The number of halogens is 2. The highest BCUT2D eigenvalue weighted by Crippen LogP contribution is 2.59. The summed E-state index contributed by atoms with van der Waals surface area (Å²) in [4.78, 5) is 19.6. The van der Waals surface area contributed by atoms with Gasteiger partial charge in [-0.15, -0.1) is 11.3 Å². The molecule has 4 fully saturated rings. The van der Waals surface area contributed by atoms with Crippen LogP contribution in [0.2, 0.25) is 0 Å². The first-order valence-corrected chi connectivity index (χ1v) is 11.1. The molecule has 2 bridgehead atoms. The maximum absolute atomic E-state index is 14.0. The van der Waals surface area contributed by atoms with E-state index in [0.717, 1.165) is 37.1 Å². The first kappa shape index (κ1) is 19.1. The number of carbonyl (C=O) groups is 1. The summed E-state index contributed by atoms with van der Waals surface area (Å²) in [5, 5.41) is 2.54. The second-order valence-electron chi connectivity index (χ2n) is 8.71. The van der Waals surface area contributed by atoms with Gasteiger partial charge in [-0.05, 0) is 31.6 Å². The first-order chi connectivity index (χ1) is 13.9. The van der Waals surface area contributed by atoms with E-state index in [9.17, 15) is 13.6 Å². The number of benzene rings is 1. The molecule has 0 radical (unpaired) electrons. The van der Waals surface area contributed by atoms with Crippen LogP contribution in [0, 0.1) is 11.3 Å². The number of nitrogens with zero attached hydrogens (tertiary/aromatic N) is 2. The average Bonchev–Trinajstić information content (AvgIpc) is 3.42. The van der Waals surface area contributed by atoms with E-state index in [1.165, 1.54) is 23.8 Å². The Morgan fingerprint density at radius 3 is 2.86 bits per heavy atom. The van der Waals surface area contributed by atoms with Crippen molar-refractivity contribution in [3.63, 3.8) is 0 Å². The number of alkyl halides is 2. The van der Waals surface area contributed by atoms with E-state index in [0.29, 0.717) is 31.0 Å². The quantitative estimate of drug-likeness (QED) is 0.701. The molecule has 1 amide bonds. The molecule has 6 rings (SSSR count). The Balaban J connectivity index is 1.35. The largest absolute Gasteiger partial charge is 0.367 e. The number of amides is 1. The molecule has 1 saturated heterocycles. The van der Waals surface area contributed by atoms with Crippen molar-refractivity contribution in [2.75, 3.05) is 19.7 Å². The number of morpholine rings is 1. The number of fused-ring (bicyclic) bond motifs is 1. The van der Waals surface area contributed by atoms with E-state index in [1.807, 2.05) is 4.90 Å². The maximum Gasteiger partial charge on any atom is 0.271 e. The van der Waals surface area contributed by atoms with E-state index >= 15 is 0 Å². The molecule has 1 atom stereocenters. The molecule has 1 aliphatic heterocycles. The Labute approximate surface area is 172 Å². The van der Waals surface area contributed by atoms with Gasteiger partial charge in [-0.3, -0.25) is 4.79 Å². The Morgan fingerprint density at radius 1 is 1.34 bits per heavy atom. The highest BCUT2D eigenvalue weighted by molar-refractivity contribution is 7.10. The van der Waals surface area contributed by atoms with E-state index in [4.69, 9.17) is 4.74 Å². The van der Waals surface area contributed by atoms with Crippen LogP contribution in [0.4, 0.5) is 8.78 Å². The van der Waals surface area contributed by atoms with E-state index < -0.39 is 5.92 Å². The van der Waals surface area contributed by atoms with Gasteiger partial charge in [0.25, 0.3) is 5.92 Å². The van der Waals surface area contributed by atoms with Crippen LogP contribution in [0.1, 0.15) is 49.3 Å². The van der Waals surface area contributed by atoms with Gasteiger partial charge in [0.1, 0.15) is 11.1 Å². The molecule has 2 aromatic rings. The van der Waals surface area contributed by atoms with E-state index in [-0.39, 0.29) is 23.0 Å². The molecule has 0 N–H and O–H groups in total. The van der Waals surface area contributed by atoms with Gasteiger partial charge >= 0.3 is 0 Å². The van der Waals surface area contributed by atoms with Crippen molar-refractivity contribution in [1.29, 1.82) is 0 Å². The third kappa shape index (κ3) is 3.28. The summed E-state index contributed by atoms with van der Waals surface area (Å²) >= 11 is 1.41. The fourth-order valence-corrected chi connectivity index (χ4v) is 6.04. The third-order valence-corrected chi connectivity index (χ3v) is 7.61. The second kappa shape index (κ2) is 6.84. The smallest absolute Gasteiger partial charge is 0.271 e. The Morgan fingerprint density at radius 2 is 2.14 bits per heavy atom. The predicted molar refractivity (Wildman–Crippen MR) is 107 cm³/mol. The molecule has 3 saturated carbocycles. The lowest BCUT2D eigenvalue weighted by molar-refractivity contribution is -0.154. The fraction of sp³-hybridized carbons (Fsp3) is 0.545. The summed E-state index contributed by atoms with van der Waals surface area (Å²) in [7, 11) is 0. The molecule has 0 spiro atoms. The summed E-state index contributed by atoms with van der Waals surface area (Å²) in [6, 6.07) is 6.48. The monoisotopic (exact) mass is 418 g/mol. The summed E-state index contributed by atoms with van der Waals surface area (Å²) in [5.74, 6) is -1.92. The van der Waals surface area contributed by atoms with Crippen molar-refractivity contribution in [3.8, 4) is 11.3 Å². The topological polar surface area (TPSA) is 42.4 Å². The van der Waals surface area contributed by atoms with Crippen molar-refractivity contribution < 1.29 is 18.3 Å². The summed E-state index contributed by atoms with van der Waals surface area (Å²) in [5.41, 5.74) is 0.826. The fourth-order valence-electron chi connectivity index (χ4n) is 5.18. The molecule has 4 aliphatic rings. The number of carbonyl (C=O) groups excluding carboxylic acids is 1. The van der Waals surface area contributed by atoms with Gasteiger partial charge in [0.05, 0.1) is 18.8 Å². The van der Waals surface area contributed by atoms with Gasteiger partial charge in [-0.2, -0.15) is 0 Å².